The maximum atomic E-state index is 12.8. The van der Waals surface area contributed by atoms with Crippen LogP contribution in [0.15, 0.2) is 34.7 Å². The van der Waals surface area contributed by atoms with Crippen LogP contribution in [0.1, 0.15) is 42.1 Å². The van der Waals surface area contributed by atoms with Crippen LogP contribution in [-0.4, -0.2) is 52.5 Å². The average molecular weight is 393 g/mol. The quantitative estimate of drug-likeness (QED) is 0.641. The maximum Gasteiger partial charge on any atom is 0.257 e. The molecule has 1 saturated carbocycles. The van der Waals surface area contributed by atoms with Gasteiger partial charge in [-0.05, 0) is 38.6 Å². The molecular formula is C20H23N7O2. The highest BCUT2D eigenvalue weighted by molar-refractivity contribution is 6.00. The van der Waals surface area contributed by atoms with Crippen molar-refractivity contribution >= 4 is 29.9 Å². The van der Waals surface area contributed by atoms with Crippen molar-refractivity contribution in [3.63, 3.8) is 0 Å². The Hall–Kier alpha value is -3.20. The summed E-state index contributed by atoms with van der Waals surface area (Å²) in [6, 6.07) is 0.238. The third-order valence-corrected chi connectivity index (χ3v) is 5.54. The van der Waals surface area contributed by atoms with Crippen molar-refractivity contribution in [3.8, 4) is 0 Å². The minimum atomic E-state index is -0.224. The lowest BCUT2D eigenvalue weighted by Crippen LogP contribution is -2.36. The number of carbonyl (C=O) groups is 1. The Balaban J connectivity index is 1.68. The standard InChI is InChI=1S/C20H23N7O2/c1-4-11-5-15(21-3)25-17-16-12-6-14(12)24-19(16)27-18(26-17)13(7-22-27)20(28)23-10(2)8-29-9-11/h4-5,7,10,12,14,24H,3,6,8-9H2,1-2H3,(H,23,28)(H,25,26)/b11-4+,15-5+/t10?,12?,14-/m0/s1. The van der Waals surface area contributed by atoms with Crippen molar-refractivity contribution in [1.82, 2.24) is 19.9 Å². The highest BCUT2D eigenvalue weighted by Gasteiger charge is 2.49. The molecule has 1 aliphatic carbocycles. The number of nitrogens with zero attached hydrogens (tertiary/aromatic N) is 4. The third-order valence-electron chi connectivity index (χ3n) is 5.54. The second kappa shape index (κ2) is 6.70. The van der Waals surface area contributed by atoms with Gasteiger partial charge in [0.1, 0.15) is 23.0 Å². The van der Waals surface area contributed by atoms with Gasteiger partial charge in [-0.3, -0.25) is 4.79 Å². The summed E-state index contributed by atoms with van der Waals surface area (Å²) in [5, 5.41) is 14.2. The summed E-state index contributed by atoms with van der Waals surface area (Å²) >= 11 is 0. The molecule has 2 aliphatic heterocycles. The smallest absolute Gasteiger partial charge is 0.257 e. The molecule has 1 amide bonds. The molecule has 0 radical (unpaired) electrons. The van der Waals surface area contributed by atoms with Crippen LogP contribution in [0.2, 0.25) is 0 Å². The number of hydrogen-bond donors (Lipinski definition) is 3. The number of aromatic nitrogens is 3. The van der Waals surface area contributed by atoms with Gasteiger partial charge < -0.3 is 20.7 Å². The van der Waals surface area contributed by atoms with E-state index in [1.807, 2.05) is 26.0 Å². The van der Waals surface area contributed by atoms with E-state index < -0.39 is 0 Å². The van der Waals surface area contributed by atoms with Crippen molar-refractivity contribution < 1.29 is 9.53 Å². The Bertz CT molecular complexity index is 1080. The molecule has 9 heteroatoms. The van der Waals surface area contributed by atoms with Crippen LogP contribution in [-0.2, 0) is 4.74 Å². The predicted molar refractivity (Wildman–Crippen MR) is 111 cm³/mol. The highest BCUT2D eigenvalue weighted by atomic mass is 16.5. The molecule has 2 bridgehead atoms. The SMILES string of the molecule is C=N/C1=C\C(=C/C)COCC(C)NC(=O)c2cnn3c4c(c(nc23)N1)C1C[C@@H]1N4. The van der Waals surface area contributed by atoms with Crippen molar-refractivity contribution in [2.75, 3.05) is 23.8 Å². The summed E-state index contributed by atoms with van der Waals surface area (Å²) in [6.45, 7) is 8.35. The lowest BCUT2D eigenvalue weighted by atomic mass is 10.2. The summed E-state index contributed by atoms with van der Waals surface area (Å²) in [7, 11) is 0. The predicted octanol–water partition coefficient (Wildman–Crippen LogP) is 2.06. The van der Waals surface area contributed by atoms with Gasteiger partial charge in [-0.25, -0.2) is 9.98 Å². The third kappa shape index (κ3) is 2.98. The number of carbonyl (C=O) groups excluding carboxylic acids is 1. The number of fused-ring (bicyclic) bond motifs is 6. The lowest BCUT2D eigenvalue weighted by Gasteiger charge is -2.17. The van der Waals surface area contributed by atoms with Crippen LogP contribution in [0.25, 0.3) is 5.65 Å². The zero-order valence-electron chi connectivity index (χ0n) is 16.4. The monoisotopic (exact) mass is 393 g/mol. The van der Waals surface area contributed by atoms with Crippen molar-refractivity contribution in [1.29, 1.82) is 0 Å². The summed E-state index contributed by atoms with van der Waals surface area (Å²) in [5.74, 6) is 2.31. The molecule has 5 rings (SSSR count). The van der Waals surface area contributed by atoms with Crippen LogP contribution in [0, 0.1) is 0 Å². The molecule has 1 fully saturated rings. The Morgan fingerprint density at radius 1 is 1.41 bits per heavy atom. The second-order valence-corrected chi connectivity index (χ2v) is 7.68. The number of anilines is 2. The van der Waals surface area contributed by atoms with E-state index in [1.54, 1.807) is 10.7 Å². The zero-order chi connectivity index (χ0) is 20.1. The Morgan fingerprint density at radius 2 is 2.28 bits per heavy atom. The Morgan fingerprint density at radius 3 is 3.07 bits per heavy atom. The molecule has 9 nitrogen and oxygen atoms in total. The normalized spacial score (nSPS) is 29.2. The molecule has 3 atom stereocenters. The first-order valence-electron chi connectivity index (χ1n) is 9.76. The minimum absolute atomic E-state index is 0.155. The topological polar surface area (TPSA) is 105 Å². The minimum Gasteiger partial charge on any atom is -0.375 e. The van der Waals surface area contributed by atoms with E-state index in [2.05, 4.69) is 32.8 Å². The lowest BCUT2D eigenvalue weighted by molar-refractivity contribution is 0.0884. The number of amides is 1. The maximum absolute atomic E-state index is 12.8. The molecule has 150 valence electrons. The van der Waals surface area contributed by atoms with Gasteiger partial charge in [-0.2, -0.15) is 9.61 Å². The van der Waals surface area contributed by atoms with E-state index in [4.69, 9.17) is 9.72 Å². The molecule has 3 N–H and O–H groups in total. The first kappa shape index (κ1) is 17.9. The fourth-order valence-corrected chi connectivity index (χ4v) is 3.92. The molecule has 4 heterocycles. The number of hydrogen-bond acceptors (Lipinski definition) is 7. The van der Waals surface area contributed by atoms with Gasteiger partial charge in [0.25, 0.3) is 5.91 Å². The van der Waals surface area contributed by atoms with E-state index in [-0.39, 0.29) is 11.9 Å². The Kier molecular flexibility index (Phi) is 4.13. The summed E-state index contributed by atoms with van der Waals surface area (Å²) < 4.78 is 7.49. The van der Waals surface area contributed by atoms with Gasteiger partial charge >= 0.3 is 0 Å². The first-order chi connectivity index (χ1) is 14.1. The molecule has 0 spiro atoms. The van der Waals surface area contributed by atoms with Gasteiger partial charge in [0.15, 0.2) is 5.65 Å². The molecule has 2 unspecified atom stereocenters. The molecule has 2 aromatic heterocycles. The average Bonchev–Trinajstić information content (AvgIpc) is 3.16. The highest BCUT2D eigenvalue weighted by Crippen LogP contribution is 2.54. The molecule has 0 saturated heterocycles. The van der Waals surface area contributed by atoms with Gasteiger partial charge in [-0.1, -0.05) is 6.08 Å². The van der Waals surface area contributed by atoms with Crippen LogP contribution < -0.4 is 16.0 Å². The zero-order valence-corrected chi connectivity index (χ0v) is 16.4. The fourth-order valence-electron chi connectivity index (χ4n) is 3.92. The largest absolute Gasteiger partial charge is 0.375 e. The fraction of sp³-hybridized carbons (Fsp3) is 0.400. The molecular weight excluding hydrogens is 370 g/mol. The summed E-state index contributed by atoms with van der Waals surface area (Å²) in [6.07, 6.45) is 6.50. The number of ether oxygens (including phenoxy) is 1. The van der Waals surface area contributed by atoms with Crippen molar-refractivity contribution in [3.05, 3.63) is 40.9 Å². The van der Waals surface area contributed by atoms with Gasteiger partial charge in [-0.15, -0.1) is 0 Å². The van der Waals surface area contributed by atoms with Crippen LogP contribution in [0.5, 0.6) is 0 Å². The molecule has 29 heavy (non-hydrogen) atoms. The molecule has 2 aromatic rings. The van der Waals surface area contributed by atoms with E-state index in [0.717, 1.165) is 23.4 Å². The number of rotatable bonds is 1. The van der Waals surface area contributed by atoms with E-state index >= 15 is 0 Å². The second-order valence-electron chi connectivity index (χ2n) is 7.68. The van der Waals surface area contributed by atoms with Gasteiger partial charge in [0.05, 0.1) is 19.4 Å². The van der Waals surface area contributed by atoms with E-state index in [9.17, 15) is 4.79 Å². The number of aliphatic imine (C=N–C) groups is 1. The van der Waals surface area contributed by atoms with Gasteiger partial charge in [0.2, 0.25) is 0 Å². The number of allylic oxidation sites excluding steroid dienone is 1. The number of nitrogens with one attached hydrogen (secondary N) is 3. The van der Waals surface area contributed by atoms with E-state index in [1.165, 1.54) is 0 Å². The van der Waals surface area contributed by atoms with Crippen LogP contribution >= 0.6 is 0 Å². The summed E-state index contributed by atoms with van der Waals surface area (Å²) in [4.78, 5) is 21.8. The van der Waals surface area contributed by atoms with Gasteiger partial charge in [0, 0.05) is 23.6 Å². The molecule has 0 aromatic carbocycles. The summed E-state index contributed by atoms with van der Waals surface area (Å²) in [5.41, 5.74) is 2.96. The van der Waals surface area contributed by atoms with E-state index in [0.29, 0.717) is 48.0 Å². The van der Waals surface area contributed by atoms with Crippen LogP contribution in [0.4, 0.5) is 11.6 Å². The van der Waals surface area contributed by atoms with Crippen molar-refractivity contribution in [2.45, 2.75) is 38.3 Å². The van der Waals surface area contributed by atoms with Crippen molar-refractivity contribution in [2.24, 2.45) is 4.99 Å². The first-order valence-corrected chi connectivity index (χ1v) is 9.76. The van der Waals surface area contributed by atoms with Crippen LogP contribution in [0.3, 0.4) is 0 Å². The Labute approximate surface area is 167 Å². The molecule has 3 aliphatic rings.